The molecule has 0 aliphatic rings. The molecule has 0 bridgehead atoms. The molecule has 2 N–H and O–H groups in total. The van der Waals surface area contributed by atoms with E-state index in [0.717, 1.165) is 6.42 Å². The fraction of sp³-hybridized carbons (Fsp3) is 0.900. The van der Waals surface area contributed by atoms with Crippen LogP contribution in [0.4, 0.5) is 0 Å². The lowest BCUT2D eigenvalue weighted by molar-refractivity contribution is -0.159. The second-order valence-electron chi connectivity index (χ2n) is 13.5. The number of nitriles is 1. The first kappa shape index (κ1) is 36.3. The maximum Gasteiger partial charge on any atom is 0.225 e. The van der Waals surface area contributed by atoms with Crippen molar-refractivity contribution in [2.45, 2.75) is 131 Å². The highest BCUT2D eigenvalue weighted by atomic mass is 16.5. The molecule has 0 saturated heterocycles. The van der Waals surface area contributed by atoms with Gasteiger partial charge in [0.05, 0.1) is 41.5 Å². The van der Waals surface area contributed by atoms with Gasteiger partial charge in [-0.15, -0.1) is 0 Å². The van der Waals surface area contributed by atoms with E-state index in [-0.39, 0.29) is 11.8 Å². The van der Waals surface area contributed by atoms with Crippen LogP contribution in [0.1, 0.15) is 115 Å². The monoisotopic (exact) mass is 539 g/mol. The molecule has 0 unspecified atom stereocenters. The fourth-order valence-electron chi connectivity index (χ4n) is 4.42. The Morgan fingerprint density at radius 1 is 0.763 bits per heavy atom. The maximum atomic E-state index is 12.8. The molecule has 0 rings (SSSR count). The Morgan fingerprint density at radius 3 is 1.97 bits per heavy atom. The molecule has 0 aromatic rings. The van der Waals surface area contributed by atoms with E-state index in [1.807, 2.05) is 69.2 Å². The summed E-state index contributed by atoms with van der Waals surface area (Å²) in [5.41, 5.74) is -2.43. The second kappa shape index (κ2) is 15.8. The number of ether oxygens (including phenoxy) is 3. The second-order valence-corrected chi connectivity index (χ2v) is 13.5. The van der Waals surface area contributed by atoms with E-state index in [1.165, 1.54) is 0 Å². The lowest BCUT2D eigenvalue weighted by atomic mass is 9.80. The zero-order valence-electron chi connectivity index (χ0n) is 26.3. The summed E-state index contributed by atoms with van der Waals surface area (Å²) in [7, 11) is 0. The van der Waals surface area contributed by atoms with Gasteiger partial charge in [-0.1, -0.05) is 20.8 Å². The molecule has 0 spiro atoms. The number of nitrogens with zero attached hydrogens (tertiary/aromatic N) is 1. The minimum absolute atomic E-state index is 0.00182. The third kappa shape index (κ3) is 17.0. The summed E-state index contributed by atoms with van der Waals surface area (Å²) in [5, 5.41) is 15.0. The first-order valence-corrected chi connectivity index (χ1v) is 14.1. The summed E-state index contributed by atoms with van der Waals surface area (Å²) >= 11 is 0. The number of carbonyl (C=O) groups excluding carboxylic acids is 2. The van der Waals surface area contributed by atoms with Crippen molar-refractivity contribution < 1.29 is 23.8 Å². The Hall–Kier alpha value is -1.69. The van der Waals surface area contributed by atoms with Crippen LogP contribution < -0.4 is 10.6 Å². The quantitative estimate of drug-likeness (QED) is 0.197. The van der Waals surface area contributed by atoms with E-state index in [0.29, 0.717) is 65.0 Å². The van der Waals surface area contributed by atoms with Gasteiger partial charge in [0.25, 0.3) is 0 Å². The summed E-state index contributed by atoms with van der Waals surface area (Å²) in [6.07, 6.45) is 3.79. The molecule has 0 heterocycles. The molecule has 0 radical (unpaired) electrons. The van der Waals surface area contributed by atoms with Crippen LogP contribution in [0.3, 0.4) is 0 Å². The average molecular weight is 540 g/mol. The molecule has 38 heavy (non-hydrogen) atoms. The van der Waals surface area contributed by atoms with Gasteiger partial charge in [-0.2, -0.15) is 5.26 Å². The van der Waals surface area contributed by atoms with Crippen LogP contribution >= 0.6 is 0 Å². The number of hydrogen-bond acceptors (Lipinski definition) is 6. The molecule has 0 aliphatic carbocycles. The minimum Gasteiger partial charge on any atom is -0.380 e. The zero-order chi connectivity index (χ0) is 29.7. The van der Waals surface area contributed by atoms with Gasteiger partial charge in [0, 0.05) is 31.5 Å². The number of nitrogens with one attached hydrogen (secondary N) is 2. The van der Waals surface area contributed by atoms with Crippen LogP contribution in [0.15, 0.2) is 0 Å². The largest absolute Gasteiger partial charge is 0.380 e. The summed E-state index contributed by atoms with van der Waals surface area (Å²) in [6.45, 7) is 24.6. The molecule has 0 atom stereocenters. The van der Waals surface area contributed by atoms with Crippen LogP contribution in [0.25, 0.3) is 0 Å². The van der Waals surface area contributed by atoms with Gasteiger partial charge in [0.15, 0.2) is 0 Å². The van der Waals surface area contributed by atoms with Gasteiger partial charge in [0.2, 0.25) is 11.8 Å². The topological polar surface area (TPSA) is 110 Å². The number of rotatable bonds is 20. The molecule has 8 heteroatoms. The standard InChI is InChI=1S/C30H57N3O5/c1-12-19-36-21-18-33-25(35)27(4,5)22-30(10,11)38-29(8,9)16-20-37-28(6,7)15-17-32-24(34)13-14-26(2,3)23-31/h12-22H2,1-11H3,(H,32,34)(H,33,35). The Morgan fingerprint density at radius 2 is 1.39 bits per heavy atom. The molecular formula is C30H57N3O5. The van der Waals surface area contributed by atoms with Gasteiger partial charge < -0.3 is 24.8 Å². The highest BCUT2D eigenvalue weighted by molar-refractivity contribution is 5.81. The molecule has 0 aliphatic heterocycles. The molecule has 0 fully saturated rings. The SMILES string of the molecule is CCCOCCNC(=O)C(C)(C)CC(C)(C)OC(C)(C)CCOC(C)(C)CCNC(=O)CCC(C)(C)C#N. The highest BCUT2D eigenvalue weighted by Crippen LogP contribution is 2.34. The maximum absolute atomic E-state index is 12.8. The van der Waals surface area contributed by atoms with Crippen molar-refractivity contribution in [3.63, 3.8) is 0 Å². The van der Waals surface area contributed by atoms with Crippen molar-refractivity contribution >= 4 is 11.8 Å². The van der Waals surface area contributed by atoms with Crippen LogP contribution in [0.2, 0.25) is 0 Å². The summed E-state index contributed by atoms with van der Waals surface area (Å²) in [4.78, 5) is 24.9. The number of amides is 2. The van der Waals surface area contributed by atoms with Crippen molar-refractivity contribution in [1.82, 2.24) is 10.6 Å². The van der Waals surface area contributed by atoms with Crippen molar-refractivity contribution in [3.05, 3.63) is 0 Å². The predicted octanol–water partition coefficient (Wildman–Crippen LogP) is 5.54. The third-order valence-corrected chi connectivity index (χ3v) is 6.44. The smallest absolute Gasteiger partial charge is 0.225 e. The van der Waals surface area contributed by atoms with E-state index in [2.05, 4.69) is 23.6 Å². The molecule has 0 aromatic carbocycles. The van der Waals surface area contributed by atoms with Crippen molar-refractivity contribution in [1.29, 1.82) is 5.26 Å². The average Bonchev–Trinajstić information content (AvgIpc) is 2.75. The Kier molecular flexibility index (Phi) is 15.1. The van der Waals surface area contributed by atoms with E-state index >= 15 is 0 Å². The molecule has 222 valence electrons. The Labute approximate surface area is 232 Å². The summed E-state index contributed by atoms with van der Waals surface area (Å²) in [6, 6.07) is 2.22. The van der Waals surface area contributed by atoms with Gasteiger partial charge in [-0.05, 0) is 87.5 Å². The van der Waals surface area contributed by atoms with Crippen LogP contribution in [0.5, 0.6) is 0 Å². The summed E-state index contributed by atoms with van der Waals surface area (Å²) < 4.78 is 18.1. The number of hydrogen-bond donors (Lipinski definition) is 2. The van der Waals surface area contributed by atoms with Crippen LogP contribution in [0, 0.1) is 22.2 Å². The Balaban J connectivity index is 4.55. The number of carbonyl (C=O) groups is 2. The molecule has 8 nitrogen and oxygen atoms in total. The summed E-state index contributed by atoms with van der Waals surface area (Å²) in [5.74, 6) is -0.0413. The van der Waals surface area contributed by atoms with E-state index in [9.17, 15) is 9.59 Å². The minimum atomic E-state index is -0.586. The predicted molar refractivity (Wildman–Crippen MR) is 153 cm³/mol. The first-order chi connectivity index (χ1) is 17.3. The van der Waals surface area contributed by atoms with Crippen molar-refractivity contribution in [2.75, 3.05) is 32.9 Å². The van der Waals surface area contributed by atoms with Gasteiger partial charge >= 0.3 is 0 Å². The van der Waals surface area contributed by atoms with E-state index in [4.69, 9.17) is 19.5 Å². The molecular weight excluding hydrogens is 482 g/mol. The van der Waals surface area contributed by atoms with Gasteiger partial charge in [-0.3, -0.25) is 9.59 Å². The van der Waals surface area contributed by atoms with E-state index in [1.54, 1.807) is 0 Å². The van der Waals surface area contributed by atoms with Gasteiger partial charge in [0.1, 0.15) is 0 Å². The van der Waals surface area contributed by atoms with Crippen LogP contribution in [-0.2, 0) is 23.8 Å². The van der Waals surface area contributed by atoms with Crippen LogP contribution in [-0.4, -0.2) is 61.5 Å². The lowest BCUT2D eigenvalue weighted by Gasteiger charge is -2.40. The Bertz CT molecular complexity index is 766. The van der Waals surface area contributed by atoms with E-state index < -0.39 is 27.6 Å². The lowest BCUT2D eigenvalue weighted by Crippen LogP contribution is -2.46. The molecule has 0 saturated carbocycles. The van der Waals surface area contributed by atoms with Gasteiger partial charge in [-0.25, -0.2) is 0 Å². The highest BCUT2D eigenvalue weighted by Gasteiger charge is 2.38. The first-order valence-electron chi connectivity index (χ1n) is 14.1. The normalized spacial score (nSPS) is 13.2. The molecule has 2 amide bonds. The van der Waals surface area contributed by atoms with Crippen molar-refractivity contribution in [2.24, 2.45) is 10.8 Å². The fourth-order valence-corrected chi connectivity index (χ4v) is 4.42. The molecule has 0 aromatic heterocycles. The van der Waals surface area contributed by atoms with Crippen molar-refractivity contribution in [3.8, 4) is 6.07 Å². The third-order valence-electron chi connectivity index (χ3n) is 6.44. The zero-order valence-corrected chi connectivity index (χ0v) is 26.3.